The molecule has 0 fully saturated rings. The van der Waals surface area contributed by atoms with Crippen molar-refractivity contribution in [1.82, 2.24) is 10.0 Å². The predicted octanol–water partition coefficient (Wildman–Crippen LogP) is 2.99. The summed E-state index contributed by atoms with van der Waals surface area (Å²) in [5, 5.41) is 2.75. The fourth-order valence-corrected chi connectivity index (χ4v) is 4.41. The molecule has 7 nitrogen and oxygen atoms in total. The SMILES string of the molecule is COc1cccc(COC(C)C(=O)NCc2ccccc2S(=O)(=O)NC(C)(C)C)c1. The minimum atomic E-state index is -3.71. The summed E-state index contributed by atoms with van der Waals surface area (Å²) in [5.74, 6) is 0.392. The highest BCUT2D eigenvalue weighted by Gasteiger charge is 2.24. The van der Waals surface area contributed by atoms with Crippen LogP contribution in [0.3, 0.4) is 0 Å². The van der Waals surface area contributed by atoms with Crippen molar-refractivity contribution in [2.24, 2.45) is 0 Å². The molecule has 164 valence electrons. The zero-order valence-electron chi connectivity index (χ0n) is 18.1. The van der Waals surface area contributed by atoms with Gasteiger partial charge in [0.1, 0.15) is 11.9 Å². The van der Waals surface area contributed by atoms with Crippen LogP contribution in [0.2, 0.25) is 0 Å². The second-order valence-corrected chi connectivity index (χ2v) is 9.64. The van der Waals surface area contributed by atoms with Crippen molar-refractivity contribution in [3.8, 4) is 5.75 Å². The molecule has 0 spiro atoms. The maximum atomic E-state index is 12.7. The lowest BCUT2D eigenvalue weighted by Gasteiger charge is -2.22. The summed E-state index contributed by atoms with van der Waals surface area (Å²) in [6.45, 7) is 7.31. The number of amides is 1. The number of hydrogen-bond acceptors (Lipinski definition) is 5. The fourth-order valence-electron chi connectivity index (χ4n) is 2.76. The highest BCUT2D eigenvalue weighted by molar-refractivity contribution is 7.89. The summed E-state index contributed by atoms with van der Waals surface area (Å²) < 4.78 is 38.9. The van der Waals surface area contributed by atoms with E-state index in [1.54, 1.807) is 53.0 Å². The molecule has 1 amide bonds. The number of nitrogens with one attached hydrogen (secondary N) is 2. The maximum absolute atomic E-state index is 12.7. The molecular weight excluding hydrogens is 404 g/mol. The van der Waals surface area contributed by atoms with Gasteiger partial charge in [0, 0.05) is 12.1 Å². The van der Waals surface area contributed by atoms with E-state index in [9.17, 15) is 13.2 Å². The second-order valence-electron chi connectivity index (χ2n) is 7.99. The monoisotopic (exact) mass is 434 g/mol. The van der Waals surface area contributed by atoms with Gasteiger partial charge in [0.25, 0.3) is 0 Å². The van der Waals surface area contributed by atoms with Crippen molar-refractivity contribution in [3.63, 3.8) is 0 Å². The standard InChI is InChI=1S/C22H30N2O5S/c1-16(29-15-17-9-8-11-19(13-17)28-5)21(25)23-14-18-10-6-7-12-20(18)30(26,27)24-22(2,3)4/h6-13,16,24H,14-15H2,1-5H3,(H,23,25). The van der Waals surface area contributed by atoms with Crippen LogP contribution in [0.25, 0.3) is 0 Å². The van der Waals surface area contributed by atoms with E-state index in [0.717, 1.165) is 11.3 Å². The second kappa shape index (κ2) is 10.1. The van der Waals surface area contributed by atoms with Gasteiger partial charge < -0.3 is 14.8 Å². The fraction of sp³-hybridized carbons (Fsp3) is 0.409. The molecule has 0 heterocycles. The number of carbonyl (C=O) groups excluding carboxylic acids is 1. The third-order valence-electron chi connectivity index (χ3n) is 4.16. The Labute approximate surface area is 178 Å². The van der Waals surface area contributed by atoms with Crippen molar-refractivity contribution in [2.75, 3.05) is 7.11 Å². The molecule has 0 radical (unpaired) electrons. The number of hydrogen-bond donors (Lipinski definition) is 2. The van der Waals surface area contributed by atoms with Crippen molar-refractivity contribution in [2.45, 2.75) is 57.4 Å². The van der Waals surface area contributed by atoms with Crippen molar-refractivity contribution < 1.29 is 22.7 Å². The number of benzene rings is 2. The molecule has 1 unspecified atom stereocenters. The van der Waals surface area contributed by atoms with Crippen LogP contribution in [0.15, 0.2) is 53.4 Å². The van der Waals surface area contributed by atoms with E-state index >= 15 is 0 Å². The Morgan fingerprint density at radius 2 is 1.80 bits per heavy atom. The van der Waals surface area contributed by atoms with Gasteiger partial charge in [-0.15, -0.1) is 0 Å². The Morgan fingerprint density at radius 3 is 2.47 bits per heavy atom. The van der Waals surface area contributed by atoms with Gasteiger partial charge in [-0.2, -0.15) is 0 Å². The average Bonchev–Trinajstić information content (AvgIpc) is 2.68. The van der Waals surface area contributed by atoms with Gasteiger partial charge in [0.05, 0.1) is 18.6 Å². The zero-order valence-corrected chi connectivity index (χ0v) is 18.9. The van der Waals surface area contributed by atoms with Crippen LogP contribution in [-0.4, -0.2) is 33.1 Å². The Balaban J connectivity index is 1.99. The molecule has 0 saturated carbocycles. The number of rotatable bonds is 9. The molecule has 2 aromatic rings. The quantitative estimate of drug-likeness (QED) is 0.633. The van der Waals surface area contributed by atoms with Gasteiger partial charge in [-0.05, 0) is 57.0 Å². The number of methoxy groups -OCH3 is 1. The van der Waals surface area contributed by atoms with E-state index in [1.165, 1.54) is 6.07 Å². The van der Waals surface area contributed by atoms with Crippen LogP contribution < -0.4 is 14.8 Å². The Bertz CT molecular complexity index is 967. The van der Waals surface area contributed by atoms with E-state index < -0.39 is 21.7 Å². The van der Waals surface area contributed by atoms with Crippen LogP contribution in [-0.2, 0) is 32.7 Å². The third-order valence-corrected chi connectivity index (χ3v) is 6.02. The number of carbonyl (C=O) groups is 1. The van der Waals surface area contributed by atoms with E-state index in [1.807, 2.05) is 24.3 Å². The topological polar surface area (TPSA) is 93.7 Å². The summed E-state index contributed by atoms with van der Waals surface area (Å²) in [6, 6.07) is 14.0. The van der Waals surface area contributed by atoms with Crippen LogP contribution in [0, 0.1) is 0 Å². The average molecular weight is 435 g/mol. The predicted molar refractivity (Wildman–Crippen MR) is 116 cm³/mol. The first-order valence-corrected chi connectivity index (χ1v) is 11.1. The lowest BCUT2D eigenvalue weighted by Crippen LogP contribution is -2.41. The molecule has 8 heteroatoms. The third kappa shape index (κ3) is 7.12. The molecule has 0 bridgehead atoms. The smallest absolute Gasteiger partial charge is 0.249 e. The highest BCUT2D eigenvalue weighted by Crippen LogP contribution is 2.18. The van der Waals surface area contributed by atoms with Crippen LogP contribution >= 0.6 is 0 Å². The molecule has 0 saturated heterocycles. The molecule has 1 atom stereocenters. The van der Waals surface area contributed by atoms with Gasteiger partial charge in [-0.25, -0.2) is 13.1 Å². The van der Waals surface area contributed by atoms with Crippen molar-refractivity contribution >= 4 is 15.9 Å². The molecular formula is C22H30N2O5S. The summed E-state index contributed by atoms with van der Waals surface area (Å²) >= 11 is 0. The zero-order chi connectivity index (χ0) is 22.4. The van der Waals surface area contributed by atoms with Gasteiger partial charge in [-0.3, -0.25) is 4.79 Å². The minimum absolute atomic E-state index is 0.0763. The van der Waals surface area contributed by atoms with Crippen LogP contribution in [0.5, 0.6) is 5.75 Å². The summed E-state index contributed by atoms with van der Waals surface area (Å²) in [4.78, 5) is 12.6. The first-order chi connectivity index (χ1) is 14.0. The molecule has 2 N–H and O–H groups in total. The first kappa shape index (κ1) is 23.9. The Kier molecular flexibility index (Phi) is 8.00. The van der Waals surface area contributed by atoms with E-state index in [-0.39, 0.29) is 24.0 Å². The van der Waals surface area contributed by atoms with E-state index in [4.69, 9.17) is 9.47 Å². The van der Waals surface area contributed by atoms with Gasteiger partial charge in [0.15, 0.2) is 0 Å². The number of ether oxygens (including phenoxy) is 2. The highest BCUT2D eigenvalue weighted by atomic mass is 32.2. The van der Waals surface area contributed by atoms with Crippen molar-refractivity contribution in [1.29, 1.82) is 0 Å². The van der Waals surface area contributed by atoms with Gasteiger partial charge in [0.2, 0.25) is 15.9 Å². The largest absolute Gasteiger partial charge is 0.497 e. The molecule has 0 aliphatic heterocycles. The summed E-state index contributed by atoms with van der Waals surface area (Å²) in [7, 11) is -2.13. The molecule has 30 heavy (non-hydrogen) atoms. The lowest BCUT2D eigenvalue weighted by molar-refractivity contribution is -0.132. The first-order valence-electron chi connectivity index (χ1n) is 9.66. The Hall–Kier alpha value is -2.42. The van der Waals surface area contributed by atoms with Crippen LogP contribution in [0.4, 0.5) is 0 Å². The van der Waals surface area contributed by atoms with E-state index in [0.29, 0.717) is 5.56 Å². The maximum Gasteiger partial charge on any atom is 0.249 e. The van der Waals surface area contributed by atoms with Crippen molar-refractivity contribution in [3.05, 3.63) is 59.7 Å². The van der Waals surface area contributed by atoms with E-state index in [2.05, 4.69) is 10.0 Å². The normalized spacial score (nSPS) is 13.0. The molecule has 2 rings (SSSR count). The van der Waals surface area contributed by atoms with Gasteiger partial charge in [-0.1, -0.05) is 30.3 Å². The van der Waals surface area contributed by atoms with Crippen LogP contribution in [0.1, 0.15) is 38.8 Å². The summed E-state index contributed by atoms with van der Waals surface area (Å²) in [5.41, 5.74) is 0.777. The molecule has 0 aliphatic carbocycles. The molecule has 0 aliphatic rings. The Morgan fingerprint density at radius 1 is 1.10 bits per heavy atom. The molecule has 2 aromatic carbocycles. The minimum Gasteiger partial charge on any atom is -0.497 e. The summed E-state index contributed by atoms with van der Waals surface area (Å²) in [6.07, 6.45) is -0.701. The van der Waals surface area contributed by atoms with Gasteiger partial charge >= 0.3 is 0 Å². The number of sulfonamides is 1. The lowest BCUT2D eigenvalue weighted by atomic mass is 10.1. The molecule has 0 aromatic heterocycles.